The van der Waals surface area contributed by atoms with Crippen molar-refractivity contribution in [2.45, 2.75) is 38.6 Å². The van der Waals surface area contributed by atoms with Crippen molar-refractivity contribution in [3.05, 3.63) is 59.7 Å². The number of carbonyl (C=O) groups excluding carboxylic acids is 2. The normalized spacial score (nSPS) is 17.3. The molecule has 5 nitrogen and oxygen atoms in total. The first-order chi connectivity index (χ1) is 13.7. The van der Waals surface area contributed by atoms with E-state index in [0.29, 0.717) is 17.0 Å². The van der Waals surface area contributed by atoms with Gasteiger partial charge in [0.05, 0.1) is 17.3 Å². The van der Waals surface area contributed by atoms with E-state index in [4.69, 9.17) is 4.74 Å². The number of nitrogens with zero attached hydrogens (tertiary/aromatic N) is 1. The van der Waals surface area contributed by atoms with Gasteiger partial charge in [0.2, 0.25) is 5.91 Å². The zero-order chi connectivity index (χ0) is 21.2. The smallest absolute Gasteiger partial charge is 0.416 e. The molecule has 0 fully saturated rings. The van der Waals surface area contributed by atoms with Crippen molar-refractivity contribution in [1.29, 1.82) is 0 Å². The van der Waals surface area contributed by atoms with E-state index in [1.165, 1.54) is 17.0 Å². The Labute approximate surface area is 166 Å². The first-order valence-corrected chi connectivity index (χ1v) is 9.20. The monoisotopic (exact) mass is 406 g/mol. The number of rotatable bonds is 5. The first-order valence-electron chi connectivity index (χ1n) is 9.20. The number of hydrogen-bond donors (Lipinski definition) is 1. The highest BCUT2D eigenvalue weighted by atomic mass is 19.4. The second kappa shape index (κ2) is 8.14. The minimum Gasteiger partial charge on any atom is -0.479 e. The molecule has 0 radical (unpaired) electrons. The lowest BCUT2D eigenvalue weighted by atomic mass is 10.1. The summed E-state index contributed by atoms with van der Waals surface area (Å²) in [5.74, 6) is 0.0484. The standard InChI is InChI=1S/C21H21F3N2O3/c1-13(15-7-9-16(10-8-15)21(22,23)24)25-19(27)11-12-26-17-5-3-4-6-18(17)29-14(2)20(26)28/h3-10,13-14H,11-12H2,1-2H3,(H,25,27). The van der Waals surface area contributed by atoms with Gasteiger partial charge in [0.1, 0.15) is 5.75 Å². The summed E-state index contributed by atoms with van der Waals surface area (Å²) < 4.78 is 43.6. The van der Waals surface area contributed by atoms with Gasteiger partial charge < -0.3 is 15.0 Å². The third-order valence-corrected chi connectivity index (χ3v) is 4.75. The van der Waals surface area contributed by atoms with E-state index >= 15 is 0 Å². The maximum Gasteiger partial charge on any atom is 0.416 e. The Hall–Kier alpha value is -3.03. The maximum atomic E-state index is 12.7. The fourth-order valence-electron chi connectivity index (χ4n) is 3.16. The molecule has 2 unspecified atom stereocenters. The number of anilines is 1. The second-order valence-corrected chi connectivity index (χ2v) is 6.88. The molecule has 0 saturated heterocycles. The minimum atomic E-state index is -4.40. The number of halogens is 3. The molecular formula is C21H21F3N2O3. The number of hydrogen-bond acceptors (Lipinski definition) is 3. The number of fused-ring (bicyclic) bond motifs is 1. The Morgan fingerprint density at radius 1 is 1.17 bits per heavy atom. The molecule has 2 aromatic carbocycles. The Bertz CT molecular complexity index is 897. The molecular weight excluding hydrogens is 385 g/mol. The molecule has 1 aliphatic rings. The fourth-order valence-corrected chi connectivity index (χ4v) is 3.16. The molecule has 8 heteroatoms. The molecule has 3 rings (SSSR count). The number of para-hydroxylation sites is 2. The molecule has 1 aliphatic heterocycles. The van der Waals surface area contributed by atoms with Gasteiger partial charge in [-0.15, -0.1) is 0 Å². The highest BCUT2D eigenvalue weighted by Crippen LogP contribution is 2.33. The zero-order valence-electron chi connectivity index (χ0n) is 16.0. The summed E-state index contributed by atoms with van der Waals surface area (Å²) in [7, 11) is 0. The number of benzene rings is 2. The summed E-state index contributed by atoms with van der Waals surface area (Å²) in [6, 6.07) is 11.3. The average molecular weight is 406 g/mol. The van der Waals surface area contributed by atoms with Crippen molar-refractivity contribution in [2.75, 3.05) is 11.4 Å². The van der Waals surface area contributed by atoms with Crippen molar-refractivity contribution >= 4 is 17.5 Å². The Kier molecular flexibility index (Phi) is 5.81. The van der Waals surface area contributed by atoms with Gasteiger partial charge in [-0.1, -0.05) is 24.3 Å². The van der Waals surface area contributed by atoms with Crippen molar-refractivity contribution in [2.24, 2.45) is 0 Å². The van der Waals surface area contributed by atoms with Crippen molar-refractivity contribution in [3.63, 3.8) is 0 Å². The predicted molar refractivity (Wildman–Crippen MR) is 102 cm³/mol. The second-order valence-electron chi connectivity index (χ2n) is 6.88. The molecule has 1 heterocycles. The molecule has 2 aromatic rings. The molecule has 2 atom stereocenters. The van der Waals surface area contributed by atoms with Crippen LogP contribution in [0.25, 0.3) is 0 Å². The Morgan fingerprint density at radius 2 is 1.83 bits per heavy atom. The van der Waals surface area contributed by atoms with Crippen LogP contribution in [-0.4, -0.2) is 24.5 Å². The van der Waals surface area contributed by atoms with Crippen LogP contribution < -0.4 is 15.0 Å². The topological polar surface area (TPSA) is 58.6 Å². The third-order valence-electron chi connectivity index (χ3n) is 4.75. The number of nitrogens with one attached hydrogen (secondary N) is 1. The highest BCUT2D eigenvalue weighted by Gasteiger charge is 2.32. The highest BCUT2D eigenvalue weighted by molar-refractivity contribution is 6.00. The number of ether oxygens (including phenoxy) is 1. The summed E-state index contributed by atoms with van der Waals surface area (Å²) in [5.41, 5.74) is 0.436. The molecule has 0 saturated carbocycles. The zero-order valence-corrected chi connectivity index (χ0v) is 16.0. The van der Waals surface area contributed by atoms with Gasteiger partial charge in [0.25, 0.3) is 5.91 Å². The molecule has 0 spiro atoms. The van der Waals surface area contributed by atoms with E-state index in [-0.39, 0.29) is 24.8 Å². The molecule has 0 aromatic heterocycles. The molecule has 2 amide bonds. The summed E-state index contributed by atoms with van der Waals surface area (Å²) in [4.78, 5) is 26.3. The van der Waals surface area contributed by atoms with Gasteiger partial charge in [-0.2, -0.15) is 13.2 Å². The van der Waals surface area contributed by atoms with E-state index < -0.39 is 23.9 Å². The lowest BCUT2D eigenvalue weighted by Gasteiger charge is -2.32. The van der Waals surface area contributed by atoms with E-state index in [1.807, 2.05) is 0 Å². The fraction of sp³-hybridized carbons (Fsp3) is 0.333. The van der Waals surface area contributed by atoms with Crippen LogP contribution in [0, 0.1) is 0 Å². The van der Waals surface area contributed by atoms with Gasteiger partial charge in [-0.05, 0) is 43.7 Å². The van der Waals surface area contributed by atoms with Crippen molar-refractivity contribution in [3.8, 4) is 5.75 Å². The third kappa shape index (κ3) is 4.70. The van der Waals surface area contributed by atoms with Crippen molar-refractivity contribution < 1.29 is 27.5 Å². The number of alkyl halides is 3. The number of amides is 2. The molecule has 0 bridgehead atoms. The largest absolute Gasteiger partial charge is 0.479 e. The SMILES string of the molecule is CC1Oc2ccccc2N(CCC(=O)NC(C)c2ccc(C(F)(F)F)cc2)C1=O. The van der Waals surface area contributed by atoms with Crippen LogP contribution in [0.15, 0.2) is 48.5 Å². The Balaban J connectivity index is 1.60. The van der Waals surface area contributed by atoms with E-state index in [9.17, 15) is 22.8 Å². The Morgan fingerprint density at radius 3 is 2.48 bits per heavy atom. The van der Waals surface area contributed by atoms with Crippen molar-refractivity contribution in [1.82, 2.24) is 5.32 Å². The molecule has 1 N–H and O–H groups in total. The van der Waals surface area contributed by atoms with Gasteiger partial charge >= 0.3 is 6.18 Å². The summed E-state index contributed by atoms with van der Waals surface area (Å²) >= 11 is 0. The lowest BCUT2D eigenvalue weighted by Crippen LogP contribution is -2.45. The van der Waals surface area contributed by atoms with Gasteiger partial charge in [-0.25, -0.2) is 0 Å². The van der Waals surface area contributed by atoms with Gasteiger partial charge in [-0.3, -0.25) is 9.59 Å². The van der Waals surface area contributed by atoms with Crippen LogP contribution in [0.2, 0.25) is 0 Å². The summed E-state index contributed by atoms with van der Waals surface area (Å²) in [5, 5.41) is 2.75. The van der Waals surface area contributed by atoms with E-state index in [0.717, 1.165) is 12.1 Å². The van der Waals surface area contributed by atoms with Crippen LogP contribution in [0.3, 0.4) is 0 Å². The molecule has 0 aliphatic carbocycles. The quantitative estimate of drug-likeness (QED) is 0.814. The van der Waals surface area contributed by atoms with E-state index in [1.54, 1.807) is 38.1 Å². The molecule has 154 valence electrons. The lowest BCUT2D eigenvalue weighted by molar-refractivity contribution is -0.137. The van der Waals surface area contributed by atoms with Crippen LogP contribution >= 0.6 is 0 Å². The predicted octanol–water partition coefficient (Wildman–Crippen LogP) is 4.09. The average Bonchev–Trinajstić information content (AvgIpc) is 2.67. The van der Waals surface area contributed by atoms with E-state index in [2.05, 4.69) is 5.32 Å². The summed E-state index contributed by atoms with van der Waals surface area (Å²) in [6.45, 7) is 3.52. The van der Waals surface area contributed by atoms with Crippen LogP contribution in [0.4, 0.5) is 18.9 Å². The molecule has 29 heavy (non-hydrogen) atoms. The van der Waals surface area contributed by atoms with Crippen LogP contribution in [-0.2, 0) is 15.8 Å². The van der Waals surface area contributed by atoms with Crippen LogP contribution in [0.1, 0.15) is 37.4 Å². The first kappa shape index (κ1) is 20.7. The van der Waals surface area contributed by atoms with Gasteiger partial charge in [0, 0.05) is 13.0 Å². The maximum absolute atomic E-state index is 12.7. The minimum absolute atomic E-state index is 0.0533. The van der Waals surface area contributed by atoms with Gasteiger partial charge in [0.15, 0.2) is 6.10 Å². The van der Waals surface area contributed by atoms with Crippen LogP contribution in [0.5, 0.6) is 5.75 Å². The number of carbonyl (C=O) groups is 2. The summed E-state index contributed by atoms with van der Waals surface area (Å²) in [6.07, 6.45) is -4.99.